The van der Waals surface area contributed by atoms with Crippen LogP contribution in [-0.2, 0) is 0 Å². The molecule has 2 rings (SSSR count). The van der Waals surface area contributed by atoms with E-state index in [2.05, 4.69) is 43.4 Å². The Hall–Kier alpha value is -0.860. The van der Waals surface area contributed by atoms with Crippen LogP contribution >= 0.6 is 0 Å². The van der Waals surface area contributed by atoms with Crippen molar-refractivity contribution in [1.29, 1.82) is 0 Å². The van der Waals surface area contributed by atoms with E-state index in [1.807, 2.05) is 0 Å². The van der Waals surface area contributed by atoms with Crippen molar-refractivity contribution in [2.24, 2.45) is 0 Å². The van der Waals surface area contributed by atoms with Gasteiger partial charge < -0.3 is 10.4 Å². The van der Waals surface area contributed by atoms with Gasteiger partial charge in [0.25, 0.3) is 0 Å². The van der Waals surface area contributed by atoms with Gasteiger partial charge in [0.1, 0.15) is 0 Å². The Labute approximate surface area is 91.3 Å². The zero-order valence-electron chi connectivity index (χ0n) is 9.46. The van der Waals surface area contributed by atoms with Crippen molar-refractivity contribution in [3.63, 3.8) is 0 Å². The fourth-order valence-electron chi connectivity index (χ4n) is 2.34. The molecule has 2 heteroatoms. The van der Waals surface area contributed by atoms with Crippen LogP contribution < -0.4 is 5.32 Å². The molecular weight excluding hydrogens is 186 g/mol. The number of aliphatic hydroxyl groups excluding tert-OH is 1. The number of nitrogens with one attached hydrogen (secondary N) is 1. The van der Waals surface area contributed by atoms with Crippen LogP contribution in [0.1, 0.15) is 30.4 Å². The lowest BCUT2D eigenvalue weighted by molar-refractivity contribution is 0.191. The summed E-state index contributed by atoms with van der Waals surface area (Å²) in [5, 5.41) is 12.7. The number of benzene rings is 1. The predicted octanol–water partition coefficient (Wildman–Crippen LogP) is 1.82. The first-order valence-corrected chi connectivity index (χ1v) is 5.55. The third-order valence-electron chi connectivity index (χ3n) is 3.33. The van der Waals surface area contributed by atoms with E-state index in [1.54, 1.807) is 0 Å². The Kier molecular flexibility index (Phi) is 2.81. The van der Waals surface area contributed by atoms with Gasteiger partial charge in [-0.05, 0) is 31.7 Å². The summed E-state index contributed by atoms with van der Waals surface area (Å²) in [4.78, 5) is 0. The first kappa shape index (κ1) is 10.7. The van der Waals surface area contributed by atoms with Crippen LogP contribution in [0.5, 0.6) is 0 Å². The van der Waals surface area contributed by atoms with Crippen molar-refractivity contribution in [2.45, 2.75) is 31.7 Å². The molecule has 0 saturated carbocycles. The fourth-order valence-corrected chi connectivity index (χ4v) is 2.34. The summed E-state index contributed by atoms with van der Waals surface area (Å²) >= 11 is 0. The number of rotatable bonds is 2. The summed E-state index contributed by atoms with van der Waals surface area (Å²) in [6.45, 7) is 5.40. The average molecular weight is 205 g/mol. The lowest BCUT2D eigenvalue weighted by Gasteiger charge is -2.21. The van der Waals surface area contributed by atoms with Crippen molar-refractivity contribution in [2.75, 3.05) is 13.2 Å². The van der Waals surface area contributed by atoms with Crippen LogP contribution in [0, 0.1) is 6.92 Å². The normalized spacial score (nSPS) is 30.7. The molecule has 0 amide bonds. The first-order chi connectivity index (χ1) is 7.13. The highest BCUT2D eigenvalue weighted by Crippen LogP contribution is 2.31. The lowest BCUT2D eigenvalue weighted by Crippen LogP contribution is -2.39. The monoisotopic (exact) mass is 205 g/mol. The minimum absolute atomic E-state index is 0.0889. The highest BCUT2D eigenvalue weighted by Gasteiger charge is 2.34. The molecule has 1 aliphatic heterocycles. The van der Waals surface area contributed by atoms with Crippen molar-refractivity contribution in [3.05, 3.63) is 35.4 Å². The fraction of sp³-hybridized carbons (Fsp3) is 0.538. The van der Waals surface area contributed by atoms with Crippen LogP contribution in [-0.4, -0.2) is 23.8 Å². The summed E-state index contributed by atoms with van der Waals surface area (Å²) < 4.78 is 0. The Bertz CT molecular complexity index is 350. The highest BCUT2D eigenvalue weighted by molar-refractivity contribution is 5.27. The molecule has 2 atom stereocenters. The maximum atomic E-state index is 9.28. The van der Waals surface area contributed by atoms with Gasteiger partial charge in [-0.15, -0.1) is 0 Å². The van der Waals surface area contributed by atoms with Crippen molar-refractivity contribution in [3.8, 4) is 0 Å². The summed E-state index contributed by atoms with van der Waals surface area (Å²) in [5.74, 6) is 0.544. The molecule has 0 aromatic heterocycles. The second kappa shape index (κ2) is 3.95. The van der Waals surface area contributed by atoms with Crippen LogP contribution in [0.3, 0.4) is 0 Å². The van der Waals surface area contributed by atoms with Crippen LogP contribution in [0.2, 0.25) is 0 Å². The van der Waals surface area contributed by atoms with E-state index in [-0.39, 0.29) is 12.1 Å². The SMILES string of the molecule is Cc1cccc(C2CNC(C)(CO)C2)c1. The molecule has 1 aromatic carbocycles. The lowest BCUT2D eigenvalue weighted by atomic mass is 9.90. The molecule has 1 fully saturated rings. The van der Waals surface area contributed by atoms with Crippen LogP contribution in [0.4, 0.5) is 0 Å². The van der Waals surface area contributed by atoms with Crippen LogP contribution in [0.25, 0.3) is 0 Å². The van der Waals surface area contributed by atoms with Gasteiger partial charge in [0.15, 0.2) is 0 Å². The second-order valence-electron chi connectivity index (χ2n) is 4.91. The summed E-state index contributed by atoms with van der Waals surface area (Å²) in [7, 11) is 0. The van der Waals surface area contributed by atoms with E-state index in [0.717, 1.165) is 13.0 Å². The molecule has 0 aliphatic carbocycles. The van der Waals surface area contributed by atoms with Crippen molar-refractivity contribution >= 4 is 0 Å². The molecule has 2 nitrogen and oxygen atoms in total. The minimum Gasteiger partial charge on any atom is -0.394 e. The molecule has 1 saturated heterocycles. The molecule has 2 N–H and O–H groups in total. The third kappa shape index (κ3) is 2.21. The maximum absolute atomic E-state index is 9.28. The Balaban J connectivity index is 2.14. The van der Waals surface area contributed by atoms with E-state index in [1.165, 1.54) is 11.1 Å². The van der Waals surface area contributed by atoms with Gasteiger partial charge in [0.05, 0.1) is 6.61 Å². The van der Waals surface area contributed by atoms with Crippen molar-refractivity contribution < 1.29 is 5.11 Å². The summed E-state index contributed by atoms with van der Waals surface area (Å²) in [6, 6.07) is 8.66. The standard InChI is InChI=1S/C13H19NO/c1-10-4-3-5-11(6-10)12-7-13(2,9-15)14-8-12/h3-6,12,14-15H,7-9H2,1-2H3. The number of aliphatic hydroxyl groups is 1. The molecule has 1 aliphatic rings. The summed E-state index contributed by atoms with van der Waals surface area (Å²) in [6.07, 6.45) is 1.02. The molecule has 2 unspecified atom stereocenters. The van der Waals surface area contributed by atoms with Crippen LogP contribution in [0.15, 0.2) is 24.3 Å². The van der Waals surface area contributed by atoms with E-state index >= 15 is 0 Å². The van der Waals surface area contributed by atoms with Gasteiger partial charge in [-0.3, -0.25) is 0 Å². The molecule has 1 aromatic rings. The van der Waals surface area contributed by atoms with Gasteiger partial charge in [-0.1, -0.05) is 29.8 Å². The average Bonchev–Trinajstić information content (AvgIpc) is 2.62. The summed E-state index contributed by atoms with van der Waals surface area (Å²) in [5.41, 5.74) is 2.61. The van der Waals surface area contributed by atoms with E-state index in [9.17, 15) is 5.11 Å². The first-order valence-electron chi connectivity index (χ1n) is 5.55. The molecule has 15 heavy (non-hydrogen) atoms. The second-order valence-corrected chi connectivity index (χ2v) is 4.91. The molecule has 82 valence electrons. The quantitative estimate of drug-likeness (QED) is 0.772. The molecular formula is C13H19NO. The predicted molar refractivity (Wildman–Crippen MR) is 62.0 cm³/mol. The maximum Gasteiger partial charge on any atom is 0.0610 e. The van der Waals surface area contributed by atoms with E-state index in [0.29, 0.717) is 5.92 Å². The smallest absolute Gasteiger partial charge is 0.0610 e. The largest absolute Gasteiger partial charge is 0.394 e. The van der Waals surface area contributed by atoms with Gasteiger partial charge in [-0.25, -0.2) is 0 Å². The zero-order valence-corrected chi connectivity index (χ0v) is 9.46. The zero-order chi connectivity index (χ0) is 10.9. The van der Waals surface area contributed by atoms with Gasteiger partial charge >= 0.3 is 0 Å². The number of aryl methyl sites for hydroxylation is 1. The van der Waals surface area contributed by atoms with E-state index in [4.69, 9.17) is 0 Å². The highest BCUT2D eigenvalue weighted by atomic mass is 16.3. The number of hydrogen-bond donors (Lipinski definition) is 2. The topological polar surface area (TPSA) is 32.3 Å². The Morgan fingerprint density at radius 3 is 2.93 bits per heavy atom. The molecule has 1 heterocycles. The van der Waals surface area contributed by atoms with Gasteiger partial charge in [0, 0.05) is 12.1 Å². The Morgan fingerprint density at radius 1 is 1.53 bits per heavy atom. The molecule has 0 radical (unpaired) electrons. The van der Waals surface area contributed by atoms with Crippen molar-refractivity contribution in [1.82, 2.24) is 5.32 Å². The molecule has 0 spiro atoms. The van der Waals surface area contributed by atoms with Gasteiger partial charge in [0.2, 0.25) is 0 Å². The molecule has 0 bridgehead atoms. The Morgan fingerprint density at radius 2 is 2.33 bits per heavy atom. The third-order valence-corrected chi connectivity index (χ3v) is 3.33. The minimum atomic E-state index is -0.0889. The number of hydrogen-bond acceptors (Lipinski definition) is 2. The van der Waals surface area contributed by atoms with E-state index < -0.39 is 0 Å². The van der Waals surface area contributed by atoms with Gasteiger partial charge in [-0.2, -0.15) is 0 Å².